The summed E-state index contributed by atoms with van der Waals surface area (Å²) >= 11 is 1.42. The van der Waals surface area contributed by atoms with Gasteiger partial charge < -0.3 is 33.6 Å². The lowest BCUT2D eigenvalue weighted by molar-refractivity contribution is -0.128. The SMILES string of the molecule is N=C(N)NCCC[C@@H](N)C(=O)NC(C(N)=O)c1ccc(C2=N[C@H](C(N)=O)CS2)cc1. The van der Waals surface area contributed by atoms with Gasteiger partial charge in [0, 0.05) is 17.9 Å². The molecule has 1 aliphatic heterocycles. The van der Waals surface area contributed by atoms with E-state index in [0.29, 0.717) is 35.7 Å². The van der Waals surface area contributed by atoms with E-state index in [0.717, 1.165) is 5.56 Å². The van der Waals surface area contributed by atoms with E-state index in [9.17, 15) is 14.4 Å². The Labute approximate surface area is 177 Å². The van der Waals surface area contributed by atoms with Crippen LogP contribution in [0.2, 0.25) is 0 Å². The van der Waals surface area contributed by atoms with Crippen molar-refractivity contribution in [3.05, 3.63) is 35.4 Å². The van der Waals surface area contributed by atoms with Crippen LogP contribution in [0.1, 0.15) is 30.0 Å². The molecule has 1 aromatic carbocycles. The minimum atomic E-state index is -1.04. The summed E-state index contributed by atoms with van der Waals surface area (Å²) in [5.74, 6) is -1.36. The number of nitrogens with zero attached hydrogens (tertiary/aromatic N) is 1. The monoisotopic (exact) mass is 434 g/mol. The molecule has 0 aliphatic carbocycles. The van der Waals surface area contributed by atoms with Gasteiger partial charge in [-0.1, -0.05) is 24.3 Å². The van der Waals surface area contributed by atoms with Crippen molar-refractivity contribution >= 4 is 40.5 Å². The van der Waals surface area contributed by atoms with E-state index in [4.69, 9.17) is 28.3 Å². The van der Waals surface area contributed by atoms with E-state index in [-0.39, 0.29) is 5.96 Å². The molecule has 11 nitrogen and oxygen atoms in total. The van der Waals surface area contributed by atoms with Gasteiger partial charge in [0.25, 0.3) is 0 Å². The first-order valence-electron chi connectivity index (χ1n) is 9.22. The van der Waals surface area contributed by atoms with Crippen molar-refractivity contribution in [3.63, 3.8) is 0 Å². The molecule has 0 bridgehead atoms. The second kappa shape index (κ2) is 10.6. The number of thioether (sulfide) groups is 1. The zero-order chi connectivity index (χ0) is 22.3. The van der Waals surface area contributed by atoms with Gasteiger partial charge in [0.05, 0.1) is 11.1 Å². The normalized spacial score (nSPS) is 17.5. The molecule has 0 radical (unpaired) electrons. The Morgan fingerprint density at radius 2 is 1.87 bits per heavy atom. The molecular weight excluding hydrogens is 408 g/mol. The molecule has 12 heteroatoms. The molecule has 1 aromatic rings. The van der Waals surface area contributed by atoms with Gasteiger partial charge in [-0.2, -0.15) is 0 Å². The highest BCUT2D eigenvalue weighted by Gasteiger charge is 2.25. The molecule has 11 N–H and O–H groups in total. The Morgan fingerprint density at radius 3 is 2.40 bits per heavy atom. The third-order valence-electron chi connectivity index (χ3n) is 4.39. The predicted octanol–water partition coefficient (Wildman–Crippen LogP) is -1.73. The molecule has 0 spiro atoms. The van der Waals surface area contributed by atoms with Crippen LogP contribution in [0.3, 0.4) is 0 Å². The maximum Gasteiger partial charge on any atom is 0.244 e. The van der Waals surface area contributed by atoms with Gasteiger partial charge in [-0.15, -0.1) is 11.8 Å². The minimum Gasteiger partial charge on any atom is -0.370 e. The van der Waals surface area contributed by atoms with Crippen LogP contribution in [0.15, 0.2) is 29.3 Å². The Hall–Kier alpha value is -3.12. The number of carbonyl (C=O) groups excluding carboxylic acids is 3. The highest BCUT2D eigenvalue weighted by atomic mass is 32.2. The van der Waals surface area contributed by atoms with Crippen molar-refractivity contribution in [2.75, 3.05) is 12.3 Å². The van der Waals surface area contributed by atoms with Gasteiger partial charge in [0.15, 0.2) is 5.96 Å². The number of guanidine groups is 1. The van der Waals surface area contributed by atoms with Crippen LogP contribution >= 0.6 is 11.8 Å². The molecule has 0 fully saturated rings. The van der Waals surface area contributed by atoms with E-state index in [1.54, 1.807) is 24.3 Å². The smallest absolute Gasteiger partial charge is 0.244 e. The minimum absolute atomic E-state index is 0.155. The molecule has 1 heterocycles. The Bertz CT molecular complexity index is 842. The summed E-state index contributed by atoms with van der Waals surface area (Å²) in [6, 6.07) is 4.37. The van der Waals surface area contributed by atoms with Crippen molar-refractivity contribution in [2.45, 2.75) is 31.0 Å². The molecule has 0 saturated heterocycles. The number of amides is 3. The maximum atomic E-state index is 12.3. The zero-order valence-electron chi connectivity index (χ0n) is 16.3. The Morgan fingerprint density at radius 1 is 1.20 bits per heavy atom. The van der Waals surface area contributed by atoms with Crippen LogP contribution in [0, 0.1) is 5.41 Å². The van der Waals surface area contributed by atoms with E-state index >= 15 is 0 Å². The zero-order valence-corrected chi connectivity index (χ0v) is 17.1. The second-order valence-corrected chi connectivity index (χ2v) is 7.73. The first-order valence-corrected chi connectivity index (χ1v) is 10.2. The fourth-order valence-electron chi connectivity index (χ4n) is 2.74. The fourth-order valence-corrected chi connectivity index (χ4v) is 3.80. The van der Waals surface area contributed by atoms with Gasteiger partial charge in [-0.25, -0.2) is 0 Å². The molecule has 162 valence electrons. The topological polar surface area (TPSA) is 216 Å². The standard InChI is InChI=1S/C18H26N8O3S/c19-11(2-1-7-24-18(22)23)16(29)26-13(15(21)28)9-3-5-10(6-4-9)17-25-12(8-30-17)14(20)27/h3-6,11-13H,1-2,7-8,19H2,(H2,20,27)(H2,21,28)(H,26,29)(H4,22,23,24)/t11-,12+,13?/m1/s1. The largest absolute Gasteiger partial charge is 0.370 e. The highest BCUT2D eigenvalue weighted by Crippen LogP contribution is 2.24. The van der Waals surface area contributed by atoms with E-state index in [1.165, 1.54) is 11.8 Å². The van der Waals surface area contributed by atoms with Crippen LogP contribution < -0.4 is 33.6 Å². The van der Waals surface area contributed by atoms with E-state index in [1.807, 2.05) is 0 Å². The quantitative estimate of drug-likeness (QED) is 0.128. The van der Waals surface area contributed by atoms with Gasteiger partial charge in [-0.05, 0) is 18.4 Å². The molecule has 1 aliphatic rings. The highest BCUT2D eigenvalue weighted by molar-refractivity contribution is 8.14. The number of nitrogens with two attached hydrogens (primary N) is 4. The van der Waals surface area contributed by atoms with Crippen LogP contribution in [-0.4, -0.2) is 53.1 Å². The number of benzene rings is 1. The average Bonchev–Trinajstić information content (AvgIpc) is 3.19. The van der Waals surface area contributed by atoms with Gasteiger partial charge in [-0.3, -0.25) is 24.8 Å². The summed E-state index contributed by atoms with van der Waals surface area (Å²) in [4.78, 5) is 39.8. The molecule has 1 unspecified atom stereocenters. The summed E-state index contributed by atoms with van der Waals surface area (Å²) in [5, 5.41) is 13.0. The summed E-state index contributed by atoms with van der Waals surface area (Å²) in [6.07, 6.45) is 0.866. The predicted molar refractivity (Wildman–Crippen MR) is 116 cm³/mol. The van der Waals surface area contributed by atoms with Crippen LogP contribution in [0.25, 0.3) is 0 Å². The molecule has 3 amide bonds. The maximum absolute atomic E-state index is 12.3. The van der Waals surface area contributed by atoms with Crippen molar-refractivity contribution in [1.29, 1.82) is 5.41 Å². The summed E-state index contributed by atoms with van der Waals surface area (Å²) in [5.41, 5.74) is 23.1. The molecule has 0 aromatic heterocycles. The molecule has 0 saturated carbocycles. The van der Waals surface area contributed by atoms with E-state index < -0.39 is 35.8 Å². The Balaban J connectivity index is 2.00. The fraction of sp³-hybridized carbons (Fsp3) is 0.389. The molecule has 2 rings (SSSR count). The van der Waals surface area contributed by atoms with Gasteiger partial charge in [0.1, 0.15) is 12.1 Å². The lowest BCUT2D eigenvalue weighted by atomic mass is 10.0. The third-order valence-corrected chi connectivity index (χ3v) is 5.48. The number of aliphatic imine (C=N–C) groups is 1. The average molecular weight is 435 g/mol. The lowest BCUT2D eigenvalue weighted by Gasteiger charge is -2.19. The molecular formula is C18H26N8O3S. The summed E-state index contributed by atoms with van der Waals surface area (Å²) in [6.45, 7) is 0.412. The molecule has 30 heavy (non-hydrogen) atoms. The van der Waals surface area contributed by atoms with Crippen LogP contribution in [-0.2, 0) is 14.4 Å². The number of carbonyl (C=O) groups is 3. The van der Waals surface area contributed by atoms with Crippen molar-refractivity contribution < 1.29 is 14.4 Å². The van der Waals surface area contributed by atoms with Gasteiger partial charge >= 0.3 is 0 Å². The number of nitrogens with one attached hydrogen (secondary N) is 3. The van der Waals surface area contributed by atoms with Crippen LogP contribution in [0.4, 0.5) is 0 Å². The molecule has 3 atom stereocenters. The number of hydrogen-bond donors (Lipinski definition) is 7. The van der Waals surface area contributed by atoms with Crippen LogP contribution in [0.5, 0.6) is 0 Å². The second-order valence-electron chi connectivity index (χ2n) is 6.72. The Kier molecular flexibility index (Phi) is 8.18. The van der Waals surface area contributed by atoms with Crippen molar-refractivity contribution in [2.24, 2.45) is 27.9 Å². The third kappa shape index (κ3) is 6.46. The van der Waals surface area contributed by atoms with Crippen molar-refractivity contribution in [3.8, 4) is 0 Å². The number of primary amides is 2. The summed E-state index contributed by atoms with van der Waals surface area (Å²) in [7, 11) is 0. The first-order chi connectivity index (χ1) is 14.2. The summed E-state index contributed by atoms with van der Waals surface area (Å²) < 4.78 is 0. The van der Waals surface area contributed by atoms with Gasteiger partial charge in [0.2, 0.25) is 17.7 Å². The van der Waals surface area contributed by atoms with Crippen molar-refractivity contribution in [1.82, 2.24) is 10.6 Å². The number of hydrogen-bond acceptors (Lipinski definition) is 7. The number of rotatable bonds is 10. The first kappa shape index (κ1) is 23.2. The van der Waals surface area contributed by atoms with E-state index in [2.05, 4.69) is 15.6 Å². The lowest BCUT2D eigenvalue weighted by Crippen LogP contribution is -2.46.